The fourth-order valence-electron chi connectivity index (χ4n) is 2.12. The third-order valence-corrected chi connectivity index (χ3v) is 3.69. The Labute approximate surface area is 150 Å². The quantitative estimate of drug-likeness (QED) is 0.771. The van der Waals surface area contributed by atoms with Crippen molar-refractivity contribution in [3.8, 4) is 5.69 Å². The number of pyridine rings is 1. The van der Waals surface area contributed by atoms with Crippen LogP contribution in [0.5, 0.6) is 0 Å². The highest BCUT2D eigenvalue weighted by Crippen LogP contribution is 2.25. The van der Waals surface area contributed by atoms with E-state index >= 15 is 0 Å². The molecule has 0 unspecified atom stereocenters. The standard InChI is InChI=1S/C16H21ClFN5O2/c1-9(22(6)15(24)25-16(3,4)5)14-20-10(2)21-23(14)11-7-8-19-13(17)12(11)18/h7-9H,1-6H3/t9-/m0/s1. The van der Waals surface area contributed by atoms with Crippen molar-refractivity contribution in [1.82, 2.24) is 24.6 Å². The van der Waals surface area contributed by atoms with Crippen LogP contribution in [0.1, 0.15) is 45.4 Å². The van der Waals surface area contributed by atoms with E-state index in [1.54, 1.807) is 41.7 Å². The Hall–Kier alpha value is -2.22. The predicted molar refractivity (Wildman–Crippen MR) is 91.3 cm³/mol. The Balaban J connectivity index is 2.40. The van der Waals surface area contributed by atoms with Crippen molar-refractivity contribution in [3.63, 3.8) is 0 Å². The van der Waals surface area contributed by atoms with Gasteiger partial charge in [0.1, 0.15) is 17.1 Å². The lowest BCUT2D eigenvalue weighted by Gasteiger charge is -2.28. The van der Waals surface area contributed by atoms with Gasteiger partial charge >= 0.3 is 6.09 Å². The van der Waals surface area contributed by atoms with Crippen LogP contribution in [-0.4, -0.2) is 43.4 Å². The molecule has 0 N–H and O–H groups in total. The van der Waals surface area contributed by atoms with Gasteiger partial charge in [-0.2, -0.15) is 5.10 Å². The van der Waals surface area contributed by atoms with Gasteiger partial charge in [-0.05, 0) is 40.7 Å². The predicted octanol–water partition coefficient (Wildman–Crippen LogP) is 3.69. The highest BCUT2D eigenvalue weighted by molar-refractivity contribution is 6.29. The van der Waals surface area contributed by atoms with Crippen LogP contribution < -0.4 is 0 Å². The number of aromatic nitrogens is 4. The van der Waals surface area contributed by atoms with Gasteiger partial charge < -0.3 is 9.64 Å². The van der Waals surface area contributed by atoms with Crippen molar-refractivity contribution in [2.45, 2.75) is 46.3 Å². The second kappa shape index (κ2) is 6.95. The highest BCUT2D eigenvalue weighted by atomic mass is 35.5. The molecule has 0 radical (unpaired) electrons. The van der Waals surface area contributed by atoms with E-state index in [4.69, 9.17) is 16.3 Å². The van der Waals surface area contributed by atoms with E-state index < -0.39 is 23.6 Å². The summed E-state index contributed by atoms with van der Waals surface area (Å²) in [5.74, 6) is 0.112. The van der Waals surface area contributed by atoms with Gasteiger partial charge in [0.15, 0.2) is 16.8 Å². The Kier molecular flexibility index (Phi) is 5.31. The first kappa shape index (κ1) is 19.1. The zero-order valence-corrected chi connectivity index (χ0v) is 15.8. The van der Waals surface area contributed by atoms with E-state index in [1.807, 2.05) is 0 Å². The molecular weight excluding hydrogens is 349 g/mol. The Morgan fingerprint density at radius 1 is 1.44 bits per heavy atom. The maximum atomic E-state index is 14.3. The smallest absolute Gasteiger partial charge is 0.410 e. The van der Waals surface area contributed by atoms with Gasteiger partial charge in [-0.25, -0.2) is 23.8 Å². The second-order valence-corrected chi connectivity index (χ2v) is 6.99. The molecule has 25 heavy (non-hydrogen) atoms. The molecule has 0 aliphatic heterocycles. The van der Waals surface area contributed by atoms with Crippen LogP contribution in [0.2, 0.25) is 5.15 Å². The summed E-state index contributed by atoms with van der Waals surface area (Å²) in [6.07, 6.45) is 0.865. The van der Waals surface area contributed by atoms with Crippen molar-refractivity contribution >= 4 is 17.7 Å². The van der Waals surface area contributed by atoms with E-state index in [0.29, 0.717) is 11.6 Å². The topological polar surface area (TPSA) is 73.1 Å². The zero-order chi connectivity index (χ0) is 18.9. The monoisotopic (exact) mass is 369 g/mol. The Morgan fingerprint density at radius 3 is 2.68 bits per heavy atom. The van der Waals surface area contributed by atoms with Crippen LogP contribution in [0.25, 0.3) is 5.69 Å². The lowest BCUT2D eigenvalue weighted by Crippen LogP contribution is -2.36. The molecule has 7 nitrogen and oxygen atoms in total. The van der Waals surface area contributed by atoms with Gasteiger partial charge in [-0.3, -0.25) is 0 Å². The minimum atomic E-state index is -0.706. The van der Waals surface area contributed by atoms with Crippen LogP contribution in [0, 0.1) is 12.7 Å². The molecule has 0 aliphatic carbocycles. The summed E-state index contributed by atoms with van der Waals surface area (Å²) < 4.78 is 21.0. The molecule has 136 valence electrons. The van der Waals surface area contributed by atoms with Crippen molar-refractivity contribution < 1.29 is 13.9 Å². The lowest BCUT2D eigenvalue weighted by molar-refractivity contribution is 0.0225. The van der Waals surface area contributed by atoms with E-state index in [9.17, 15) is 9.18 Å². The molecule has 0 saturated carbocycles. The molecule has 2 rings (SSSR count). The summed E-state index contributed by atoms with van der Waals surface area (Å²) in [6, 6.07) is 0.932. The first-order valence-electron chi connectivity index (χ1n) is 7.71. The SMILES string of the molecule is Cc1nc([C@H](C)N(C)C(=O)OC(C)(C)C)n(-c2ccnc(Cl)c2F)n1. The average molecular weight is 370 g/mol. The molecule has 2 heterocycles. The van der Waals surface area contributed by atoms with Gasteiger partial charge in [-0.1, -0.05) is 11.6 Å². The van der Waals surface area contributed by atoms with E-state index in [1.165, 1.54) is 21.8 Å². The number of hydrogen-bond donors (Lipinski definition) is 0. The molecule has 1 atom stereocenters. The average Bonchev–Trinajstić information content (AvgIpc) is 2.88. The number of nitrogens with zero attached hydrogens (tertiary/aromatic N) is 5. The number of ether oxygens (including phenoxy) is 1. The van der Waals surface area contributed by atoms with E-state index in [0.717, 1.165) is 0 Å². The summed E-state index contributed by atoms with van der Waals surface area (Å²) in [5.41, 5.74) is -0.514. The first-order chi connectivity index (χ1) is 11.5. The van der Waals surface area contributed by atoms with Crippen LogP contribution in [0.15, 0.2) is 12.3 Å². The summed E-state index contributed by atoms with van der Waals surface area (Å²) in [4.78, 5) is 21.7. The van der Waals surface area contributed by atoms with Crippen molar-refractivity contribution in [1.29, 1.82) is 0 Å². The molecule has 2 aromatic rings. The Morgan fingerprint density at radius 2 is 2.08 bits per heavy atom. The fraction of sp³-hybridized carbons (Fsp3) is 0.500. The molecule has 0 fully saturated rings. The van der Waals surface area contributed by atoms with E-state index in [-0.39, 0.29) is 10.8 Å². The van der Waals surface area contributed by atoms with Crippen molar-refractivity contribution in [2.75, 3.05) is 7.05 Å². The second-order valence-electron chi connectivity index (χ2n) is 6.63. The van der Waals surface area contributed by atoms with Gasteiger partial charge in [0, 0.05) is 13.2 Å². The summed E-state index contributed by atoms with van der Waals surface area (Å²) in [7, 11) is 1.59. The lowest BCUT2D eigenvalue weighted by atomic mass is 10.2. The van der Waals surface area contributed by atoms with Crippen LogP contribution in [0.4, 0.5) is 9.18 Å². The number of hydrogen-bond acceptors (Lipinski definition) is 5. The van der Waals surface area contributed by atoms with Crippen molar-refractivity contribution in [2.24, 2.45) is 0 Å². The van der Waals surface area contributed by atoms with Crippen LogP contribution in [-0.2, 0) is 4.74 Å². The molecular formula is C16H21ClFN5O2. The largest absolute Gasteiger partial charge is 0.444 e. The van der Waals surface area contributed by atoms with Gasteiger partial charge in [0.2, 0.25) is 0 Å². The van der Waals surface area contributed by atoms with Gasteiger partial charge in [0.25, 0.3) is 0 Å². The number of amides is 1. The molecule has 1 amide bonds. The van der Waals surface area contributed by atoms with Crippen molar-refractivity contribution in [3.05, 3.63) is 34.9 Å². The highest BCUT2D eigenvalue weighted by Gasteiger charge is 2.28. The fourth-order valence-corrected chi connectivity index (χ4v) is 2.27. The molecule has 2 aromatic heterocycles. The zero-order valence-electron chi connectivity index (χ0n) is 15.0. The molecule has 0 saturated heterocycles. The van der Waals surface area contributed by atoms with Gasteiger partial charge in [0.05, 0.1) is 6.04 Å². The third-order valence-electron chi connectivity index (χ3n) is 3.43. The van der Waals surface area contributed by atoms with E-state index in [2.05, 4.69) is 15.1 Å². The third kappa shape index (κ3) is 4.25. The van der Waals surface area contributed by atoms with Gasteiger partial charge in [-0.15, -0.1) is 0 Å². The minimum absolute atomic E-state index is 0.111. The Bertz CT molecular complexity index is 787. The summed E-state index contributed by atoms with van der Waals surface area (Å²) >= 11 is 5.76. The summed E-state index contributed by atoms with van der Waals surface area (Å²) in [6.45, 7) is 8.78. The maximum absolute atomic E-state index is 14.3. The maximum Gasteiger partial charge on any atom is 0.410 e. The minimum Gasteiger partial charge on any atom is -0.444 e. The molecule has 0 aromatic carbocycles. The number of halogens is 2. The number of aryl methyl sites for hydroxylation is 1. The molecule has 9 heteroatoms. The molecule has 0 aliphatic rings. The number of carbonyl (C=O) groups is 1. The van der Waals surface area contributed by atoms with Crippen LogP contribution in [0.3, 0.4) is 0 Å². The number of carbonyl (C=O) groups excluding carboxylic acids is 1. The normalized spacial score (nSPS) is 12.8. The van der Waals surface area contributed by atoms with Crippen LogP contribution >= 0.6 is 11.6 Å². The number of rotatable bonds is 3. The molecule has 0 bridgehead atoms. The molecule has 0 spiro atoms. The first-order valence-corrected chi connectivity index (χ1v) is 8.09. The summed E-state index contributed by atoms with van der Waals surface area (Å²) in [5, 5.41) is 3.96.